The van der Waals surface area contributed by atoms with Crippen LogP contribution in [0.5, 0.6) is 0 Å². The molecule has 1 aromatic rings. The van der Waals surface area contributed by atoms with Crippen molar-refractivity contribution in [2.24, 2.45) is 0 Å². The van der Waals surface area contributed by atoms with Gasteiger partial charge in [0.1, 0.15) is 0 Å². The molecule has 166 valence electrons. The summed E-state index contributed by atoms with van der Waals surface area (Å²) in [4.78, 5) is 2.39. The van der Waals surface area contributed by atoms with Gasteiger partial charge < -0.3 is 15.0 Å². The molecule has 2 heterocycles. The second kappa shape index (κ2) is 14.3. The van der Waals surface area contributed by atoms with Crippen molar-refractivity contribution in [3.63, 3.8) is 0 Å². The summed E-state index contributed by atoms with van der Waals surface area (Å²) in [5.74, 6) is 0. The van der Waals surface area contributed by atoms with Gasteiger partial charge in [0.25, 0.3) is 0 Å². The lowest BCUT2D eigenvalue weighted by Gasteiger charge is -2.19. The molecule has 4 heteroatoms. The fourth-order valence-electron chi connectivity index (χ4n) is 3.74. The van der Waals surface area contributed by atoms with Crippen molar-refractivity contribution in [3.05, 3.63) is 83.3 Å². The van der Waals surface area contributed by atoms with Gasteiger partial charge in [-0.25, -0.2) is 0 Å². The third kappa shape index (κ3) is 8.11. The van der Waals surface area contributed by atoms with Gasteiger partial charge in [-0.05, 0) is 62.4 Å². The van der Waals surface area contributed by atoms with E-state index in [-0.39, 0.29) is 0 Å². The highest BCUT2D eigenvalue weighted by Crippen LogP contribution is 2.26. The number of fused-ring (bicyclic) bond motifs is 1. The number of nitrogens with zero attached hydrogens (tertiary/aromatic N) is 2. The summed E-state index contributed by atoms with van der Waals surface area (Å²) in [5, 5.41) is 12.7. The molecule has 0 saturated carbocycles. The van der Waals surface area contributed by atoms with E-state index >= 15 is 0 Å². The molecule has 2 aliphatic heterocycles. The van der Waals surface area contributed by atoms with E-state index in [0.717, 1.165) is 50.9 Å². The van der Waals surface area contributed by atoms with Crippen LogP contribution < -0.4 is 5.32 Å². The minimum absolute atomic E-state index is 0.306. The van der Waals surface area contributed by atoms with Crippen molar-refractivity contribution in [2.75, 3.05) is 13.1 Å². The quantitative estimate of drug-likeness (QED) is 0.303. The number of ether oxygens (including phenoxy) is 1. The van der Waals surface area contributed by atoms with E-state index in [1.54, 1.807) is 6.26 Å². The van der Waals surface area contributed by atoms with Crippen LogP contribution in [0, 0.1) is 11.3 Å². The van der Waals surface area contributed by atoms with E-state index in [2.05, 4.69) is 71.8 Å². The van der Waals surface area contributed by atoms with Gasteiger partial charge in [-0.2, -0.15) is 5.26 Å². The molecule has 1 aromatic carbocycles. The fraction of sp³-hybridized carbons (Fsp3) is 0.444. The lowest BCUT2D eigenvalue weighted by Crippen LogP contribution is -2.24. The lowest BCUT2D eigenvalue weighted by atomic mass is 10.1. The Balaban J connectivity index is 0.00000166. The monoisotopic (exact) mass is 419 g/mol. The molecule has 0 saturated heterocycles. The Morgan fingerprint density at radius 1 is 1.26 bits per heavy atom. The Kier molecular flexibility index (Phi) is 11.3. The van der Waals surface area contributed by atoms with E-state index in [0.29, 0.717) is 12.6 Å². The first-order chi connectivity index (χ1) is 15.3. The molecule has 0 radical (unpaired) electrons. The number of nitrogens with one attached hydrogen (secondary N) is 1. The van der Waals surface area contributed by atoms with E-state index in [1.165, 1.54) is 16.8 Å². The number of benzene rings is 1. The van der Waals surface area contributed by atoms with E-state index < -0.39 is 0 Å². The Morgan fingerprint density at radius 2 is 2.00 bits per heavy atom. The Hall–Kier alpha value is -2.77. The smallest absolute Gasteiger partial charge is 0.0993 e. The lowest BCUT2D eigenvalue weighted by molar-refractivity contribution is 0.116. The second-order valence-electron chi connectivity index (χ2n) is 7.49. The van der Waals surface area contributed by atoms with E-state index in [1.807, 2.05) is 19.9 Å². The van der Waals surface area contributed by atoms with Crippen LogP contribution in [0.15, 0.2) is 72.2 Å². The van der Waals surface area contributed by atoms with Crippen LogP contribution in [-0.2, 0) is 17.8 Å². The number of rotatable bonds is 9. The average Bonchev–Trinajstić information content (AvgIpc) is 3.26. The highest BCUT2D eigenvalue weighted by atomic mass is 16.5. The first-order valence-electron chi connectivity index (χ1n) is 11.5. The molecule has 31 heavy (non-hydrogen) atoms. The van der Waals surface area contributed by atoms with Crippen molar-refractivity contribution in [1.29, 1.82) is 5.26 Å². The molecule has 0 aromatic heterocycles. The van der Waals surface area contributed by atoms with Crippen LogP contribution in [0.2, 0.25) is 0 Å². The summed E-state index contributed by atoms with van der Waals surface area (Å²) < 4.78 is 5.57. The molecule has 1 N–H and O–H groups in total. The topological polar surface area (TPSA) is 48.3 Å². The van der Waals surface area contributed by atoms with Crippen LogP contribution in [0.25, 0.3) is 0 Å². The van der Waals surface area contributed by atoms with Gasteiger partial charge >= 0.3 is 0 Å². The van der Waals surface area contributed by atoms with Gasteiger partial charge in [-0.1, -0.05) is 56.3 Å². The number of hydrogen-bond donors (Lipinski definition) is 1. The molecule has 0 fully saturated rings. The van der Waals surface area contributed by atoms with Crippen molar-refractivity contribution >= 4 is 0 Å². The minimum atomic E-state index is 0.306. The molecule has 2 aliphatic rings. The third-order valence-corrected chi connectivity index (χ3v) is 5.42. The van der Waals surface area contributed by atoms with Crippen LogP contribution in [0.1, 0.15) is 57.6 Å². The summed E-state index contributed by atoms with van der Waals surface area (Å²) in [6.45, 7) is 9.49. The Labute approximate surface area is 188 Å². The summed E-state index contributed by atoms with van der Waals surface area (Å²) in [5.41, 5.74) is 4.84. The SMILES string of the molecule is C/C=C(\C=C/C/C=C(\C#N)CNCCC1CCC=CO1)N1Cc2ccccc2C1.CC. The van der Waals surface area contributed by atoms with Gasteiger partial charge in [-0.3, -0.25) is 0 Å². The zero-order chi connectivity index (χ0) is 22.3. The van der Waals surface area contributed by atoms with Crippen molar-refractivity contribution in [1.82, 2.24) is 10.2 Å². The second-order valence-corrected chi connectivity index (χ2v) is 7.49. The van der Waals surface area contributed by atoms with Crippen molar-refractivity contribution < 1.29 is 4.74 Å². The maximum absolute atomic E-state index is 9.37. The van der Waals surface area contributed by atoms with Gasteiger partial charge in [0, 0.05) is 30.9 Å². The molecule has 3 rings (SSSR count). The molecule has 4 nitrogen and oxygen atoms in total. The van der Waals surface area contributed by atoms with E-state index in [4.69, 9.17) is 4.74 Å². The van der Waals surface area contributed by atoms with Gasteiger partial charge in [0.2, 0.25) is 0 Å². The normalized spacial score (nSPS) is 18.3. The average molecular weight is 420 g/mol. The Bertz CT molecular complexity index is 804. The van der Waals surface area contributed by atoms with Gasteiger partial charge in [0.05, 0.1) is 18.4 Å². The highest BCUT2D eigenvalue weighted by Gasteiger charge is 2.18. The molecule has 1 atom stereocenters. The summed E-state index contributed by atoms with van der Waals surface area (Å²) in [7, 11) is 0. The van der Waals surface area contributed by atoms with Crippen LogP contribution in [0.4, 0.5) is 0 Å². The fourth-order valence-corrected chi connectivity index (χ4v) is 3.74. The minimum Gasteiger partial charge on any atom is -0.498 e. The van der Waals surface area contributed by atoms with Crippen molar-refractivity contribution in [3.8, 4) is 6.07 Å². The molecule has 0 amide bonds. The zero-order valence-corrected chi connectivity index (χ0v) is 19.3. The van der Waals surface area contributed by atoms with Crippen LogP contribution in [-0.4, -0.2) is 24.1 Å². The first kappa shape index (κ1) is 24.5. The predicted molar refractivity (Wildman–Crippen MR) is 129 cm³/mol. The maximum atomic E-state index is 9.37. The standard InChI is InChI=1S/C25H31N3O.C2H6/c1-2-24(28-19-22-10-4-5-11-23(22)20-28)12-6-3-9-21(17-26)18-27-15-14-25-13-7-8-16-29-25;1-2/h2,4-6,8-12,16,25,27H,3,7,13-15,18-20H2,1H3;1-2H3/b12-6-,21-9+,24-2+;. The van der Waals surface area contributed by atoms with Crippen molar-refractivity contribution in [2.45, 2.75) is 65.6 Å². The molecular weight excluding hydrogens is 382 g/mol. The molecule has 1 unspecified atom stereocenters. The molecule has 0 bridgehead atoms. The van der Waals surface area contributed by atoms with Gasteiger partial charge in [0.15, 0.2) is 0 Å². The largest absolute Gasteiger partial charge is 0.498 e. The van der Waals surface area contributed by atoms with E-state index in [9.17, 15) is 5.26 Å². The number of hydrogen-bond acceptors (Lipinski definition) is 4. The van der Waals surface area contributed by atoms with Crippen LogP contribution in [0.3, 0.4) is 0 Å². The summed E-state index contributed by atoms with van der Waals surface area (Å²) >= 11 is 0. The first-order valence-corrected chi connectivity index (χ1v) is 11.5. The molecule has 0 aliphatic carbocycles. The zero-order valence-electron chi connectivity index (χ0n) is 19.3. The molecule has 0 spiro atoms. The highest BCUT2D eigenvalue weighted by molar-refractivity contribution is 5.34. The molecular formula is C27H37N3O. The third-order valence-electron chi connectivity index (χ3n) is 5.42. The summed E-state index contributed by atoms with van der Waals surface area (Å²) in [6, 6.07) is 10.9. The summed E-state index contributed by atoms with van der Waals surface area (Å²) in [6.07, 6.45) is 16.6. The number of nitriles is 1. The Morgan fingerprint density at radius 3 is 2.61 bits per heavy atom. The maximum Gasteiger partial charge on any atom is 0.0993 e. The number of allylic oxidation sites excluding steroid dienone is 5. The predicted octanol–water partition coefficient (Wildman–Crippen LogP) is 6.00. The van der Waals surface area contributed by atoms with Gasteiger partial charge in [-0.15, -0.1) is 0 Å². The van der Waals surface area contributed by atoms with Crippen LogP contribution >= 0.6 is 0 Å².